The highest BCUT2D eigenvalue weighted by Gasteiger charge is 2.33. The van der Waals surface area contributed by atoms with Crippen LogP contribution in [0.4, 0.5) is 10.1 Å². The van der Waals surface area contributed by atoms with Gasteiger partial charge in [0.15, 0.2) is 0 Å². The second-order valence-electron chi connectivity index (χ2n) is 7.04. The van der Waals surface area contributed by atoms with Gasteiger partial charge in [0.05, 0.1) is 12.7 Å². The Morgan fingerprint density at radius 3 is 2.59 bits per heavy atom. The summed E-state index contributed by atoms with van der Waals surface area (Å²) in [5.74, 6) is -1.07. The number of amides is 2. The molecule has 1 aromatic heterocycles. The Bertz CT molecular complexity index is 953. The van der Waals surface area contributed by atoms with Crippen molar-refractivity contribution in [3.8, 4) is 0 Å². The molecule has 2 aromatic rings. The Morgan fingerprint density at radius 2 is 1.93 bits per heavy atom. The standard InChI is InChI=1S/C21H23FN2O5/c1-12-8-17(13(2)29-12)19(25)23-16-10-14(9-15(22)11-16)20(26)24-7-5-4-6-18(24)21(27)28-3/h8-11,18H,4-7H2,1-3H3,(H,23,25). The second kappa shape index (κ2) is 8.46. The van der Waals surface area contributed by atoms with Crippen molar-refractivity contribution in [2.75, 3.05) is 19.0 Å². The Morgan fingerprint density at radius 1 is 1.17 bits per heavy atom. The first-order valence-corrected chi connectivity index (χ1v) is 9.38. The lowest BCUT2D eigenvalue weighted by atomic mass is 10.0. The lowest BCUT2D eigenvalue weighted by molar-refractivity contribution is -0.147. The number of carbonyl (C=O) groups excluding carboxylic acids is 3. The number of benzene rings is 1. The molecular formula is C21H23FN2O5. The van der Waals surface area contributed by atoms with Gasteiger partial charge in [-0.05, 0) is 57.4 Å². The van der Waals surface area contributed by atoms with E-state index in [1.54, 1.807) is 19.9 Å². The summed E-state index contributed by atoms with van der Waals surface area (Å²) in [7, 11) is 1.27. The summed E-state index contributed by atoms with van der Waals surface area (Å²) in [6.45, 7) is 3.76. The number of nitrogens with one attached hydrogen (secondary N) is 1. The molecular weight excluding hydrogens is 379 g/mol. The number of hydrogen-bond acceptors (Lipinski definition) is 5. The van der Waals surface area contributed by atoms with Crippen LogP contribution in [0.15, 0.2) is 28.7 Å². The van der Waals surface area contributed by atoms with Gasteiger partial charge < -0.3 is 19.4 Å². The molecule has 1 atom stereocenters. The van der Waals surface area contributed by atoms with Crippen LogP contribution in [0.5, 0.6) is 0 Å². The Balaban J connectivity index is 1.84. The maximum atomic E-state index is 14.2. The molecule has 0 saturated carbocycles. The van der Waals surface area contributed by atoms with E-state index in [0.29, 0.717) is 30.0 Å². The molecule has 0 aliphatic carbocycles. The fourth-order valence-electron chi connectivity index (χ4n) is 3.56. The molecule has 1 aromatic carbocycles. The van der Waals surface area contributed by atoms with Gasteiger partial charge in [-0.3, -0.25) is 9.59 Å². The molecule has 1 N–H and O–H groups in total. The zero-order chi connectivity index (χ0) is 21.1. The van der Waals surface area contributed by atoms with Crippen LogP contribution in [0.2, 0.25) is 0 Å². The van der Waals surface area contributed by atoms with Crippen molar-refractivity contribution in [1.29, 1.82) is 0 Å². The van der Waals surface area contributed by atoms with E-state index >= 15 is 0 Å². The van der Waals surface area contributed by atoms with Crippen molar-refractivity contribution in [2.24, 2.45) is 0 Å². The van der Waals surface area contributed by atoms with Gasteiger partial charge >= 0.3 is 5.97 Å². The molecule has 1 aliphatic heterocycles. The summed E-state index contributed by atoms with van der Waals surface area (Å²) in [6, 6.07) is 4.51. The normalized spacial score (nSPS) is 16.4. The molecule has 2 heterocycles. The molecule has 3 rings (SSSR count). The Hall–Kier alpha value is -3.16. The van der Waals surface area contributed by atoms with E-state index in [4.69, 9.17) is 9.15 Å². The number of furan rings is 1. The first kappa shape index (κ1) is 20.6. The molecule has 2 amide bonds. The monoisotopic (exact) mass is 402 g/mol. The number of methoxy groups -OCH3 is 1. The number of halogens is 1. The van der Waals surface area contributed by atoms with E-state index in [9.17, 15) is 18.8 Å². The van der Waals surface area contributed by atoms with Gasteiger partial charge in [0, 0.05) is 17.8 Å². The molecule has 0 bridgehead atoms. The van der Waals surface area contributed by atoms with Gasteiger partial charge in [0.25, 0.3) is 11.8 Å². The molecule has 1 saturated heterocycles. The zero-order valence-electron chi connectivity index (χ0n) is 16.6. The number of ether oxygens (including phenoxy) is 1. The van der Waals surface area contributed by atoms with Crippen LogP contribution in [0.25, 0.3) is 0 Å². The average Bonchev–Trinajstić information content (AvgIpc) is 3.04. The van der Waals surface area contributed by atoms with Crippen molar-refractivity contribution >= 4 is 23.5 Å². The quantitative estimate of drug-likeness (QED) is 0.792. The summed E-state index contributed by atoms with van der Waals surface area (Å²) >= 11 is 0. The largest absolute Gasteiger partial charge is 0.467 e. The predicted octanol–water partition coefficient (Wildman–Crippen LogP) is 3.46. The van der Waals surface area contributed by atoms with E-state index in [0.717, 1.165) is 25.0 Å². The third kappa shape index (κ3) is 4.47. The molecule has 154 valence electrons. The number of anilines is 1. The van der Waals surface area contributed by atoms with Crippen LogP contribution in [0.3, 0.4) is 0 Å². The second-order valence-corrected chi connectivity index (χ2v) is 7.04. The van der Waals surface area contributed by atoms with E-state index in [-0.39, 0.29) is 11.3 Å². The molecule has 29 heavy (non-hydrogen) atoms. The smallest absolute Gasteiger partial charge is 0.328 e. The van der Waals surface area contributed by atoms with Gasteiger partial charge in [-0.15, -0.1) is 0 Å². The number of esters is 1. The minimum absolute atomic E-state index is 0.0520. The highest BCUT2D eigenvalue weighted by Crippen LogP contribution is 2.24. The van der Waals surface area contributed by atoms with Crippen molar-refractivity contribution in [1.82, 2.24) is 4.90 Å². The minimum Gasteiger partial charge on any atom is -0.467 e. The van der Waals surface area contributed by atoms with E-state index < -0.39 is 29.6 Å². The highest BCUT2D eigenvalue weighted by molar-refractivity contribution is 6.06. The predicted molar refractivity (Wildman–Crippen MR) is 103 cm³/mol. The fraction of sp³-hybridized carbons (Fsp3) is 0.381. The topological polar surface area (TPSA) is 88.9 Å². The number of nitrogens with zero attached hydrogens (tertiary/aromatic N) is 1. The molecule has 1 unspecified atom stereocenters. The average molecular weight is 402 g/mol. The highest BCUT2D eigenvalue weighted by atomic mass is 19.1. The summed E-state index contributed by atoms with van der Waals surface area (Å²) in [5, 5.41) is 2.60. The molecule has 8 heteroatoms. The SMILES string of the molecule is COC(=O)C1CCCCN1C(=O)c1cc(F)cc(NC(=O)c2cc(C)oc2C)c1. The van der Waals surface area contributed by atoms with Gasteiger partial charge in [-0.25, -0.2) is 9.18 Å². The Labute approximate surface area is 167 Å². The zero-order valence-corrected chi connectivity index (χ0v) is 16.6. The fourth-order valence-corrected chi connectivity index (χ4v) is 3.56. The number of hydrogen-bond donors (Lipinski definition) is 1. The van der Waals surface area contributed by atoms with Gasteiger partial charge in [0.2, 0.25) is 0 Å². The third-order valence-electron chi connectivity index (χ3n) is 4.93. The number of carbonyl (C=O) groups is 3. The van der Waals surface area contributed by atoms with Crippen molar-refractivity contribution in [3.05, 3.63) is 52.7 Å². The molecule has 0 radical (unpaired) electrons. The summed E-state index contributed by atoms with van der Waals surface area (Å²) < 4.78 is 24.3. The Kier molecular flexibility index (Phi) is 6.00. The van der Waals surface area contributed by atoms with Crippen LogP contribution in [-0.4, -0.2) is 42.4 Å². The minimum atomic E-state index is -0.695. The summed E-state index contributed by atoms with van der Waals surface area (Å²) in [4.78, 5) is 38.9. The van der Waals surface area contributed by atoms with Gasteiger partial charge in [-0.1, -0.05) is 0 Å². The summed E-state index contributed by atoms with van der Waals surface area (Å²) in [6.07, 6.45) is 2.05. The molecule has 7 nitrogen and oxygen atoms in total. The van der Waals surface area contributed by atoms with Crippen LogP contribution in [0, 0.1) is 19.7 Å². The first-order valence-electron chi connectivity index (χ1n) is 9.38. The number of likely N-dealkylation sites (tertiary alicyclic amines) is 1. The maximum absolute atomic E-state index is 14.2. The van der Waals surface area contributed by atoms with Crippen LogP contribution >= 0.6 is 0 Å². The lowest BCUT2D eigenvalue weighted by Crippen LogP contribution is -2.48. The van der Waals surface area contributed by atoms with Crippen molar-refractivity contribution in [2.45, 2.75) is 39.2 Å². The third-order valence-corrected chi connectivity index (χ3v) is 4.93. The molecule has 1 fully saturated rings. The van der Waals surface area contributed by atoms with Crippen LogP contribution < -0.4 is 5.32 Å². The maximum Gasteiger partial charge on any atom is 0.328 e. The van der Waals surface area contributed by atoms with Crippen LogP contribution in [-0.2, 0) is 9.53 Å². The molecule has 1 aliphatic rings. The number of rotatable bonds is 4. The van der Waals surface area contributed by atoms with Crippen molar-refractivity contribution < 1.29 is 27.9 Å². The van der Waals surface area contributed by atoms with E-state index in [2.05, 4.69) is 5.32 Å². The lowest BCUT2D eigenvalue weighted by Gasteiger charge is -2.33. The van der Waals surface area contributed by atoms with E-state index in [1.165, 1.54) is 18.1 Å². The number of aryl methyl sites for hydroxylation is 2. The first-order chi connectivity index (χ1) is 13.8. The van der Waals surface area contributed by atoms with Crippen LogP contribution in [0.1, 0.15) is 51.5 Å². The summed E-state index contributed by atoms with van der Waals surface area (Å²) in [5.41, 5.74) is 0.529. The van der Waals surface area contributed by atoms with Gasteiger partial charge in [-0.2, -0.15) is 0 Å². The number of piperidine rings is 1. The van der Waals surface area contributed by atoms with Crippen molar-refractivity contribution in [3.63, 3.8) is 0 Å². The molecule has 0 spiro atoms. The van der Waals surface area contributed by atoms with E-state index in [1.807, 2.05) is 0 Å². The van der Waals surface area contributed by atoms with Gasteiger partial charge in [0.1, 0.15) is 23.4 Å².